The van der Waals surface area contributed by atoms with Gasteiger partial charge in [0.2, 0.25) is 0 Å². The number of hydrogen-bond acceptors (Lipinski definition) is 2. The van der Waals surface area contributed by atoms with Crippen molar-refractivity contribution in [3.8, 4) is 0 Å². The first-order valence-electron chi connectivity index (χ1n) is 7.06. The molecule has 2 N–H and O–H groups in total. The van der Waals surface area contributed by atoms with Gasteiger partial charge < -0.3 is 10.4 Å². The Bertz CT molecular complexity index is 459. The highest BCUT2D eigenvalue weighted by atomic mass is 16.3. The lowest BCUT2D eigenvalue weighted by atomic mass is 9.91. The lowest BCUT2D eigenvalue weighted by Gasteiger charge is -2.28. The molecule has 1 aromatic rings. The number of amides is 1. The van der Waals surface area contributed by atoms with Crippen molar-refractivity contribution in [2.24, 2.45) is 0 Å². The second kappa shape index (κ2) is 5.74. The highest BCUT2D eigenvalue weighted by Crippen LogP contribution is 2.21. The van der Waals surface area contributed by atoms with Crippen molar-refractivity contribution in [2.75, 3.05) is 0 Å². The summed E-state index contributed by atoms with van der Waals surface area (Å²) >= 11 is 0. The van der Waals surface area contributed by atoms with Gasteiger partial charge in [-0.2, -0.15) is 0 Å². The van der Waals surface area contributed by atoms with Crippen LogP contribution in [0.5, 0.6) is 0 Å². The molecule has 2 rings (SSSR count). The molecule has 0 spiro atoms. The van der Waals surface area contributed by atoms with Gasteiger partial charge >= 0.3 is 0 Å². The van der Waals surface area contributed by atoms with Gasteiger partial charge in [0, 0.05) is 5.56 Å². The lowest BCUT2D eigenvalue weighted by Crippen LogP contribution is -2.45. The molecule has 1 amide bonds. The molecule has 104 valence electrons. The summed E-state index contributed by atoms with van der Waals surface area (Å²) in [6, 6.07) is 3.96. The molecule has 3 heteroatoms. The van der Waals surface area contributed by atoms with Crippen LogP contribution in [0.3, 0.4) is 0 Å². The minimum Gasteiger partial charge on any atom is -0.391 e. The number of nitrogens with one attached hydrogen (secondary N) is 1. The molecule has 0 radical (unpaired) electrons. The number of aryl methyl sites for hydroxylation is 3. The highest BCUT2D eigenvalue weighted by Gasteiger charge is 2.25. The number of aliphatic hydroxyl groups excluding tert-OH is 1. The van der Waals surface area contributed by atoms with Crippen LogP contribution >= 0.6 is 0 Å². The fourth-order valence-corrected chi connectivity index (χ4v) is 3.06. The van der Waals surface area contributed by atoms with Crippen LogP contribution in [0.2, 0.25) is 0 Å². The van der Waals surface area contributed by atoms with Crippen LogP contribution in [-0.2, 0) is 0 Å². The van der Waals surface area contributed by atoms with Gasteiger partial charge in [0.15, 0.2) is 0 Å². The molecule has 0 saturated heterocycles. The summed E-state index contributed by atoms with van der Waals surface area (Å²) < 4.78 is 0. The monoisotopic (exact) mass is 261 g/mol. The number of rotatable bonds is 2. The van der Waals surface area contributed by atoms with E-state index in [9.17, 15) is 9.90 Å². The molecule has 19 heavy (non-hydrogen) atoms. The summed E-state index contributed by atoms with van der Waals surface area (Å²) in [6.07, 6.45) is 3.39. The zero-order valence-corrected chi connectivity index (χ0v) is 12.0. The van der Waals surface area contributed by atoms with E-state index in [1.54, 1.807) is 0 Å². The highest BCUT2D eigenvalue weighted by molar-refractivity contribution is 5.97. The fourth-order valence-electron chi connectivity index (χ4n) is 3.06. The van der Waals surface area contributed by atoms with E-state index in [2.05, 4.69) is 5.32 Å². The van der Waals surface area contributed by atoms with Gasteiger partial charge in [0.1, 0.15) is 0 Å². The molecule has 1 aliphatic rings. The summed E-state index contributed by atoms with van der Waals surface area (Å²) in [5, 5.41) is 12.9. The molecule has 1 aromatic carbocycles. The maximum Gasteiger partial charge on any atom is 0.252 e. The molecule has 0 heterocycles. The van der Waals surface area contributed by atoms with E-state index in [1.807, 2.05) is 32.9 Å². The predicted molar refractivity (Wildman–Crippen MR) is 76.4 cm³/mol. The van der Waals surface area contributed by atoms with Crippen LogP contribution in [0.1, 0.15) is 52.7 Å². The van der Waals surface area contributed by atoms with Crippen molar-refractivity contribution in [1.82, 2.24) is 5.32 Å². The Balaban J connectivity index is 2.16. The number of benzene rings is 1. The quantitative estimate of drug-likeness (QED) is 0.860. The smallest absolute Gasteiger partial charge is 0.252 e. The zero-order chi connectivity index (χ0) is 14.0. The van der Waals surface area contributed by atoms with E-state index >= 15 is 0 Å². The number of carbonyl (C=O) groups excluding carboxylic acids is 1. The maximum atomic E-state index is 12.4. The van der Waals surface area contributed by atoms with Crippen molar-refractivity contribution >= 4 is 5.91 Å². The molecule has 0 unspecified atom stereocenters. The fraction of sp³-hybridized carbons (Fsp3) is 0.562. The van der Waals surface area contributed by atoms with E-state index in [0.29, 0.717) is 0 Å². The Morgan fingerprint density at radius 3 is 2.32 bits per heavy atom. The van der Waals surface area contributed by atoms with E-state index in [4.69, 9.17) is 0 Å². The van der Waals surface area contributed by atoms with Crippen molar-refractivity contribution < 1.29 is 9.90 Å². The number of carbonyl (C=O) groups is 1. The van der Waals surface area contributed by atoms with Crippen molar-refractivity contribution in [2.45, 2.75) is 58.6 Å². The van der Waals surface area contributed by atoms with Gasteiger partial charge in [-0.1, -0.05) is 30.5 Å². The molecule has 2 atom stereocenters. The number of hydrogen-bond donors (Lipinski definition) is 2. The van der Waals surface area contributed by atoms with Crippen LogP contribution < -0.4 is 5.32 Å². The first kappa shape index (κ1) is 14.1. The van der Waals surface area contributed by atoms with Crippen LogP contribution in [0.25, 0.3) is 0 Å². The average molecular weight is 261 g/mol. The van der Waals surface area contributed by atoms with Gasteiger partial charge in [-0.15, -0.1) is 0 Å². The zero-order valence-electron chi connectivity index (χ0n) is 12.0. The Labute approximate surface area is 115 Å². The third kappa shape index (κ3) is 3.16. The van der Waals surface area contributed by atoms with Gasteiger partial charge in [0.05, 0.1) is 12.1 Å². The molecular weight excluding hydrogens is 238 g/mol. The largest absolute Gasteiger partial charge is 0.391 e. The standard InChI is InChI=1S/C16H23NO2/c1-10-8-11(2)15(12(3)9-10)16(19)17-13-6-4-5-7-14(13)18/h8-9,13-14,18H,4-7H2,1-3H3,(H,17,19)/t13-,14-/m0/s1. The Kier molecular flexibility index (Phi) is 4.25. The van der Waals surface area contributed by atoms with Crippen molar-refractivity contribution in [3.63, 3.8) is 0 Å². The Morgan fingerprint density at radius 2 is 1.74 bits per heavy atom. The van der Waals surface area contributed by atoms with Crippen LogP contribution in [-0.4, -0.2) is 23.2 Å². The second-order valence-electron chi connectivity index (χ2n) is 5.71. The maximum absolute atomic E-state index is 12.4. The summed E-state index contributed by atoms with van der Waals surface area (Å²) in [6.45, 7) is 5.96. The summed E-state index contributed by atoms with van der Waals surface area (Å²) in [7, 11) is 0. The van der Waals surface area contributed by atoms with E-state index < -0.39 is 6.10 Å². The predicted octanol–water partition coefficient (Wildman–Crippen LogP) is 2.65. The first-order chi connectivity index (χ1) is 8.99. The van der Waals surface area contributed by atoms with Gasteiger partial charge in [-0.3, -0.25) is 4.79 Å². The molecule has 3 nitrogen and oxygen atoms in total. The van der Waals surface area contributed by atoms with E-state index in [-0.39, 0.29) is 11.9 Å². The van der Waals surface area contributed by atoms with E-state index in [0.717, 1.165) is 42.4 Å². The SMILES string of the molecule is Cc1cc(C)c(C(=O)N[C@H]2CCCC[C@@H]2O)c(C)c1. The van der Waals surface area contributed by atoms with Gasteiger partial charge in [0.25, 0.3) is 5.91 Å². The van der Waals surface area contributed by atoms with E-state index in [1.165, 1.54) is 5.56 Å². The molecule has 1 aliphatic carbocycles. The molecule has 0 bridgehead atoms. The molecule has 1 saturated carbocycles. The minimum atomic E-state index is -0.399. The Hall–Kier alpha value is -1.35. The van der Waals surface area contributed by atoms with Crippen molar-refractivity contribution in [3.05, 3.63) is 34.4 Å². The lowest BCUT2D eigenvalue weighted by molar-refractivity contribution is 0.0716. The molecule has 0 aliphatic heterocycles. The normalized spacial score (nSPS) is 23.2. The summed E-state index contributed by atoms with van der Waals surface area (Å²) in [4.78, 5) is 12.4. The first-order valence-corrected chi connectivity index (χ1v) is 7.06. The third-order valence-corrected chi connectivity index (χ3v) is 3.95. The van der Waals surface area contributed by atoms with Crippen LogP contribution in [0.4, 0.5) is 0 Å². The summed E-state index contributed by atoms with van der Waals surface area (Å²) in [5.74, 6) is -0.0547. The topological polar surface area (TPSA) is 49.3 Å². The summed E-state index contributed by atoms with van der Waals surface area (Å²) in [5.41, 5.74) is 3.92. The van der Waals surface area contributed by atoms with Gasteiger partial charge in [-0.05, 0) is 44.7 Å². The third-order valence-electron chi connectivity index (χ3n) is 3.95. The minimum absolute atomic E-state index is 0.0547. The molecular formula is C16H23NO2. The van der Waals surface area contributed by atoms with Crippen LogP contribution in [0.15, 0.2) is 12.1 Å². The number of aliphatic hydroxyl groups is 1. The van der Waals surface area contributed by atoms with Crippen molar-refractivity contribution in [1.29, 1.82) is 0 Å². The van der Waals surface area contributed by atoms with Gasteiger partial charge in [-0.25, -0.2) is 0 Å². The average Bonchev–Trinajstić information content (AvgIpc) is 2.30. The molecule has 0 aromatic heterocycles. The Morgan fingerprint density at radius 1 is 1.16 bits per heavy atom. The second-order valence-corrected chi connectivity index (χ2v) is 5.71. The molecule has 1 fully saturated rings. The van der Waals surface area contributed by atoms with Crippen LogP contribution in [0, 0.1) is 20.8 Å².